The van der Waals surface area contributed by atoms with Gasteiger partial charge in [-0.3, -0.25) is 4.72 Å². The van der Waals surface area contributed by atoms with Gasteiger partial charge in [0.15, 0.2) is 5.82 Å². The van der Waals surface area contributed by atoms with Crippen LogP contribution in [0.25, 0.3) is 0 Å². The number of sulfonamides is 1. The Morgan fingerprint density at radius 2 is 1.70 bits per heavy atom. The van der Waals surface area contributed by atoms with Gasteiger partial charge in [-0.2, -0.15) is 0 Å². The summed E-state index contributed by atoms with van der Waals surface area (Å²) in [4.78, 5) is -0.00118. The Bertz CT molecular complexity index is 722. The largest absolute Gasteiger partial charge is 0.275 e. The van der Waals surface area contributed by atoms with Gasteiger partial charge in [0.1, 0.15) is 5.82 Å². The lowest BCUT2D eigenvalue weighted by Crippen LogP contribution is -2.14. The number of benzene rings is 2. The zero-order valence-corrected chi connectivity index (χ0v) is 12.7. The maximum absolute atomic E-state index is 13.6. The molecule has 0 aromatic heterocycles. The fourth-order valence-corrected chi connectivity index (χ4v) is 3.28. The third kappa shape index (κ3) is 3.16. The quantitative estimate of drug-likeness (QED) is 0.902. The van der Waals surface area contributed by atoms with E-state index in [1.165, 1.54) is 12.1 Å². The van der Waals surface area contributed by atoms with Gasteiger partial charge in [0.2, 0.25) is 0 Å². The molecule has 0 saturated heterocycles. The smallest absolute Gasteiger partial charge is 0.262 e. The summed E-state index contributed by atoms with van der Waals surface area (Å²) < 4.78 is 52.9. The molecule has 0 heterocycles. The fraction of sp³-hybridized carbons (Fsp3) is 0.0769. The van der Waals surface area contributed by atoms with E-state index in [4.69, 9.17) is 0 Å². The van der Waals surface area contributed by atoms with Crippen LogP contribution >= 0.6 is 15.9 Å². The molecule has 0 atom stereocenters. The Morgan fingerprint density at radius 1 is 1.10 bits per heavy atom. The first-order valence-corrected chi connectivity index (χ1v) is 7.81. The second-order valence-corrected chi connectivity index (χ2v) is 6.70. The van der Waals surface area contributed by atoms with Crippen molar-refractivity contribution in [2.75, 3.05) is 4.72 Å². The Hall–Kier alpha value is -1.47. The Morgan fingerprint density at radius 3 is 2.25 bits per heavy atom. The third-order valence-corrected chi connectivity index (χ3v) is 4.57. The Labute approximate surface area is 123 Å². The van der Waals surface area contributed by atoms with Gasteiger partial charge in [-0.25, -0.2) is 17.2 Å². The number of hydrogen-bond acceptors (Lipinski definition) is 2. The SMILES string of the molecule is Cc1ccc(S(=O)(=O)Nc2c(F)cc(F)cc2Br)cc1. The summed E-state index contributed by atoms with van der Waals surface area (Å²) in [5, 5.41) is 0. The fourth-order valence-electron chi connectivity index (χ4n) is 1.55. The van der Waals surface area contributed by atoms with Crippen LogP contribution in [0.4, 0.5) is 14.5 Å². The molecule has 0 amide bonds. The molecule has 3 nitrogen and oxygen atoms in total. The molecule has 0 aliphatic rings. The van der Waals surface area contributed by atoms with Crippen molar-refractivity contribution < 1.29 is 17.2 Å². The van der Waals surface area contributed by atoms with Gasteiger partial charge >= 0.3 is 0 Å². The van der Waals surface area contributed by atoms with Crippen LogP contribution in [0.2, 0.25) is 0 Å². The van der Waals surface area contributed by atoms with Crippen LogP contribution in [-0.2, 0) is 10.0 Å². The van der Waals surface area contributed by atoms with E-state index in [1.807, 2.05) is 6.92 Å². The molecule has 2 aromatic carbocycles. The van der Waals surface area contributed by atoms with Gasteiger partial charge < -0.3 is 0 Å². The lowest BCUT2D eigenvalue weighted by molar-refractivity contribution is 0.581. The zero-order valence-electron chi connectivity index (χ0n) is 10.3. The zero-order chi connectivity index (χ0) is 14.9. The molecule has 0 fully saturated rings. The molecule has 0 aliphatic carbocycles. The molecule has 0 spiro atoms. The standard InChI is InChI=1S/C13H10BrF2NO2S/c1-8-2-4-10(5-3-8)20(18,19)17-13-11(14)6-9(15)7-12(13)16/h2-7,17H,1H3. The topological polar surface area (TPSA) is 46.2 Å². The highest BCUT2D eigenvalue weighted by molar-refractivity contribution is 9.10. The maximum atomic E-state index is 13.6. The van der Waals surface area contributed by atoms with Crippen LogP contribution in [-0.4, -0.2) is 8.42 Å². The number of anilines is 1. The summed E-state index contributed by atoms with van der Waals surface area (Å²) in [6.45, 7) is 1.82. The van der Waals surface area contributed by atoms with Crippen molar-refractivity contribution >= 4 is 31.6 Å². The maximum Gasteiger partial charge on any atom is 0.262 e. The first-order chi connectivity index (χ1) is 9.29. The predicted octanol–water partition coefficient (Wildman–Crippen LogP) is 3.84. The van der Waals surface area contributed by atoms with Gasteiger partial charge in [-0.15, -0.1) is 0 Å². The van der Waals surface area contributed by atoms with E-state index in [0.717, 1.165) is 11.6 Å². The molecule has 0 bridgehead atoms. The minimum atomic E-state index is -3.93. The van der Waals surface area contributed by atoms with Crippen LogP contribution in [0.15, 0.2) is 45.8 Å². The van der Waals surface area contributed by atoms with Gasteiger partial charge in [-0.05, 0) is 41.1 Å². The average molecular weight is 362 g/mol. The molecule has 2 aromatic rings. The molecule has 1 N–H and O–H groups in total. The highest BCUT2D eigenvalue weighted by Crippen LogP contribution is 2.29. The second-order valence-electron chi connectivity index (χ2n) is 4.16. The van der Waals surface area contributed by atoms with E-state index in [1.54, 1.807) is 12.1 Å². The number of rotatable bonds is 3. The molecule has 0 aliphatic heterocycles. The summed E-state index contributed by atoms with van der Waals surface area (Å²) in [7, 11) is -3.93. The third-order valence-electron chi connectivity index (χ3n) is 2.57. The molecule has 7 heteroatoms. The minimum absolute atomic E-state index is 0.00118. The van der Waals surface area contributed by atoms with Crippen LogP contribution in [0.3, 0.4) is 0 Å². The highest BCUT2D eigenvalue weighted by atomic mass is 79.9. The predicted molar refractivity (Wildman–Crippen MR) is 76.0 cm³/mol. The van der Waals surface area contributed by atoms with E-state index in [9.17, 15) is 17.2 Å². The van der Waals surface area contributed by atoms with Gasteiger partial charge in [0.05, 0.1) is 10.6 Å². The second kappa shape index (κ2) is 5.49. The molecule has 0 radical (unpaired) electrons. The number of aryl methyl sites for hydroxylation is 1. The summed E-state index contributed by atoms with van der Waals surface area (Å²) in [6.07, 6.45) is 0. The van der Waals surface area contributed by atoms with Crippen molar-refractivity contribution in [1.29, 1.82) is 0 Å². The molecular formula is C13H10BrF2NO2S. The number of nitrogens with one attached hydrogen (secondary N) is 1. The molecule has 20 heavy (non-hydrogen) atoms. The van der Waals surface area contributed by atoms with Gasteiger partial charge in [0.25, 0.3) is 10.0 Å². The van der Waals surface area contributed by atoms with Crippen LogP contribution in [0.5, 0.6) is 0 Å². The molecular weight excluding hydrogens is 352 g/mol. The van der Waals surface area contributed by atoms with Crippen molar-refractivity contribution in [3.63, 3.8) is 0 Å². The molecule has 2 rings (SSSR count). The summed E-state index contributed by atoms with van der Waals surface area (Å²) in [6, 6.07) is 7.67. The van der Waals surface area contributed by atoms with E-state index in [0.29, 0.717) is 6.07 Å². The van der Waals surface area contributed by atoms with E-state index in [-0.39, 0.29) is 15.1 Å². The van der Waals surface area contributed by atoms with Crippen LogP contribution in [0.1, 0.15) is 5.56 Å². The normalized spacial score (nSPS) is 11.4. The summed E-state index contributed by atoms with van der Waals surface area (Å²) in [5.41, 5.74) is 0.574. The molecule has 0 saturated carbocycles. The number of hydrogen-bond donors (Lipinski definition) is 1. The van der Waals surface area contributed by atoms with Gasteiger partial charge in [-0.1, -0.05) is 17.7 Å². The van der Waals surface area contributed by atoms with Crippen molar-refractivity contribution in [1.82, 2.24) is 0 Å². The van der Waals surface area contributed by atoms with Crippen molar-refractivity contribution in [2.24, 2.45) is 0 Å². The average Bonchev–Trinajstić information content (AvgIpc) is 2.34. The first-order valence-electron chi connectivity index (χ1n) is 5.53. The Balaban J connectivity index is 2.41. The number of halogens is 3. The van der Waals surface area contributed by atoms with Gasteiger partial charge in [0, 0.05) is 10.5 Å². The minimum Gasteiger partial charge on any atom is -0.275 e. The van der Waals surface area contributed by atoms with Crippen LogP contribution in [0, 0.1) is 18.6 Å². The van der Waals surface area contributed by atoms with Crippen molar-refractivity contribution in [3.8, 4) is 0 Å². The first kappa shape index (κ1) is 14.9. The monoisotopic (exact) mass is 361 g/mol. The lowest BCUT2D eigenvalue weighted by atomic mass is 10.2. The Kier molecular flexibility index (Phi) is 4.10. The highest BCUT2D eigenvalue weighted by Gasteiger charge is 2.19. The van der Waals surface area contributed by atoms with Crippen LogP contribution < -0.4 is 4.72 Å². The summed E-state index contributed by atoms with van der Waals surface area (Å²) >= 11 is 2.93. The van der Waals surface area contributed by atoms with E-state index in [2.05, 4.69) is 20.7 Å². The van der Waals surface area contributed by atoms with E-state index >= 15 is 0 Å². The molecule has 0 unspecified atom stereocenters. The molecule has 106 valence electrons. The summed E-state index contributed by atoms with van der Waals surface area (Å²) in [5.74, 6) is -1.79. The van der Waals surface area contributed by atoms with Crippen molar-refractivity contribution in [3.05, 3.63) is 58.1 Å². The van der Waals surface area contributed by atoms with Crippen molar-refractivity contribution in [2.45, 2.75) is 11.8 Å². The van der Waals surface area contributed by atoms with E-state index < -0.39 is 21.7 Å². The lowest BCUT2D eigenvalue weighted by Gasteiger charge is -2.11.